The van der Waals surface area contributed by atoms with E-state index in [0.29, 0.717) is 128 Å². The molecule has 0 aliphatic carbocycles. The summed E-state index contributed by atoms with van der Waals surface area (Å²) in [6.45, 7) is 14.4. The highest BCUT2D eigenvalue weighted by molar-refractivity contribution is 7.49. The summed E-state index contributed by atoms with van der Waals surface area (Å²) in [5.41, 5.74) is -2.12. The molecule has 143 heavy (non-hydrogen) atoms. The molecule has 45 heteroatoms. The monoisotopic (exact) mass is 2020 g/mol. The molecule has 0 radical (unpaired) electrons. The molecule has 29 nitrogen and oxygen atoms in total. The van der Waals surface area contributed by atoms with Crippen molar-refractivity contribution in [3.8, 4) is 33.6 Å². The van der Waals surface area contributed by atoms with E-state index in [0.717, 1.165) is 103 Å². The summed E-state index contributed by atoms with van der Waals surface area (Å²) in [4.78, 5) is 16.6. The van der Waals surface area contributed by atoms with Gasteiger partial charge >= 0.3 is 32.0 Å². The van der Waals surface area contributed by atoms with Gasteiger partial charge in [-0.05, 0) is 192 Å². The second-order valence-electron chi connectivity index (χ2n) is 34.0. The number of nitrogens with zero attached hydrogens (tertiary/aromatic N) is 21. The van der Waals surface area contributed by atoms with Gasteiger partial charge in [0.15, 0.2) is 17.3 Å². The Balaban J connectivity index is 0.000000190. The van der Waals surface area contributed by atoms with Crippen molar-refractivity contribution in [2.75, 3.05) is 78.6 Å². The summed E-state index contributed by atoms with van der Waals surface area (Å²) in [7, 11) is -5.39. The van der Waals surface area contributed by atoms with E-state index >= 15 is 17.6 Å². The van der Waals surface area contributed by atoms with Crippen molar-refractivity contribution in [2.45, 2.75) is 120 Å². The van der Waals surface area contributed by atoms with Crippen LogP contribution in [-0.4, -0.2) is 184 Å². The number of benzene rings is 9. The molecule has 748 valence electrons. The summed E-state index contributed by atoms with van der Waals surface area (Å²) < 4.78 is 247. The van der Waals surface area contributed by atoms with Gasteiger partial charge in [0.25, 0.3) is 0 Å². The maximum atomic E-state index is 16.3. The lowest BCUT2D eigenvalue weighted by atomic mass is 9.84. The zero-order valence-electron chi connectivity index (χ0n) is 77.1. The molecule has 6 aromatic heterocycles. The second kappa shape index (κ2) is 44.8. The number of hydrogen-bond donors (Lipinski definition) is 3. The fourth-order valence-electron chi connectivity index (χ4n) is 16.3. The molecule has 2 fully saturated rings. The van der Waals surface area contributed by atoms with Crippen molar-refractivity contribution in [3.05, 3.63) is 360 Å². The van der Waals surface area contributed by atoms with Gasteiger partial charge < -0.3 is 39.4 Å². The van der Waals surface area contributed by atoms with Crippen LogP contribution >= 0.6 is 16.1 Å². The average Bonchev–Trinajstić information content (AvgIpc) is 0.917. The van der Waals surface area contributed by atoms with Crippen molar-refractivity contribution in [1.82, 2.24) is 85.0 Å². The summed E-state index contributed by atoms with van der Waals surface area (Å²) in [5, 5.41) is 67.7. The van der Waals surface area contributed by atoms with Crippen LogP contribution in [0.2, 0.25) is 0 Å². The number of aliphatic hydroxyl groups is 3. The van der Waals surface area contributed by atoms with E-state index in [-0.39, 0.29) is 13.2 Å². The van der Waals surface area contributed by atoms with E-state index in [9.17, 15) is 63.8 Å². The molecule has 3 unspecified atom stereocenters. The zero-order chi connectivity index (χ0) is 102. The Morgan fingerprint density at radius 1 is 0.420 bits per heavy atom. The first-order chi connectivity index (χ1) is 68.3. The Bertz CT molecular complexity index is 6600. The SMILES string of the molecule is CC(C)N(C(C)C)P(C)OCc1ccccc1.O=P(OCc1ccccc1)(OCc1ccccc1)OC(c1cn(-c2ccc(N3CCN(c4ccc(-c5ccc(C(F)(F)[C@](O)(Cn6cnnn6)c6ccc(F)cc6F)nc5)cc4)CC3)cc2)nn1)C(F)(F)F.OC(c1cn(-c2ccc(N3CCN(c4ccc(-c5ccc(C(F)(F)[C@](O)(Cn6cnnn6)c6ccc(F)cc6F)nc5)cc4)CC3)cc2)nn1)C(F)(F)F. The molecule has 2 saturated heterocycles. The van der Waals surface area contributed by atoms with E-state index in [1.54, 1.807) is 84.9 Å². The number of rotatable bonds is 34. The molecule has 0 saturated carbocycles. The zero-order valence-corrected chi connectivity index (χ0v) is 78.9. The predicted molar refractivity (Wildman–Crippen MR) is 502 cm³/mol. The minimum Gasteiger partial charge on any atom is -0.378 e. The number of anilines is 4. The third-order valence-corrected chi connectivity index (χ3v) is 27.1. The van der Waals surface area contributed by atoms with Gasteiger partial charge in [0.2, 0.25) is 6.10 Å². The molecule has 0 amide bonds. The summed E-state index contributed by atoms with van der Waals surface area (Å²) in [6.07, 6.45) is -9.02. The van der Waals surface area contributed by atoms with Crippen LogP contribution in [0.1, 0.15) is 90.5 Å². The van der Waals surface area contributed by atoms with E-state index in [1.165, 1.54) is 30.1 Å². The van der Waals surface area contributed by atoms with Crippen LogP contribution in [0.5, 0.6) is 0 Å². The highest BCUT2D eigenvalue weighted by Gasteiger charge is 2.60. The Morgan fingerprint density at radius 3 is 1.09 bits per heavy atom. The maximum Gasteiger partial charge on any atom is 0.476 e. The summed E-state index contributed by atoms with van der Waals surface area (Å²) in [5.74, 6) is -13.2. The first-order valence-electron chi connectivity index (χ1n) is 44.7. The number of phosphoric acid groups is 1. The highest BCUT2D eigenvalue weighted by atomic mass is 31.2. The fraction of sp³-hybridized carbons (Fsp3) is 0.286. The molecule has 8 heterocycles. The number of halogens is 14. The number of tetrazole rings is 2. The first-order valence-corrected chi connectivity index (χ1v) is 47.8. The molecular weight excluding hydrogens is 1930 g/mol. The third kappa shape index (κ3) is 25.0. The lowest BCUT2D eigenvalue weighted by Crippen LogP contribution is -2.48. The van der Waals surface area contributed by atoms with Crippen molar-refractivity contribution < 1.29 is 99.4 Å². The molecular formula is C98H95F14N21O8P2. The predicted octanol–water partition coefficient (Wildman–Crippen LogP) is 19.2. The maximum absolute atomic E-state index is 16.3. The molecule has 17 rings (SSSR count). The van der Waals surface area contributed by atoms with E-state index in [2.05, 4.69) is 145 Å². The van der Waals surface area contributed by atoms with E-state index in [4.69, 9.17) is 18.1 Å². The molecule has 0 spiro atoms. The fourth-order valence-corrected chi connectivity index (χ4v) is 19.4. The summed E-state index contributed by atoms with van der Waals surface area (Å²) >= 11 is 0. The number of aromatic nitrogens is 16. The van der Waals surface area contributed by atoms with Crippen LogP contribution < -0.4 is 19.6 Å². The number of alkyl halides is 10. The minimum absolute atomic E-state index is 0.347. The Kier molecular flexibility index (Phi) is 32.5. The van der Waals surface area contributed by atoms with Crippen molar-refractivity contribution in [1.29, 1.82) is 0 Å². The van der Waals surface area contributed by atoms with E-state index in [1.807, 2.05) is 78.9 Å². The lowest BCUT2D eigenvalue weighted by molar-refractivity contribution is -0.208. The summed E-state index contributed by atoms with van der Waals surface area (Å²) in [6, 6.07) is 65.9. The molecule has 2 aliphatic rings. The van der Waals surface area contributed by atoms with Crippen LogP contribution in [0.3, 0.4) is 0 Å². The lowest BCUT2D eigenvalue weighted by Gasteiger charge is -2.37. The largest absolute Gasteiger partial charge is 0.476 e. The molecule has 3 N–H and O–H groups in total. The number of phosphoric ester groups is 1. The Labute approximate surface area is 812 Å². The normalized spacial score (nSPS) is 15.0. The quantitative estimate of drug-likeness (QED) is 0.0249. The Morgan fingerprint density at radius 2 is 0.762 bits per heavy atom. The van der Waals surface area contributed by atoms with Crippen LogP contribution in [0, 0.1) is 23.3 Å². The number of pyridine rings is 2. The number of aliphatic hydroxyl groups excluding tert-OH is 1. The minimum atomic E-state index is -5.08. The standard InChI is InChI=1S/C49H42F7N10O5P.C35H29F7N10O2.C14H24NOP/c50-38-14-21-42(43(51)27-38)47(67,32-65-33-58-60-62-65)48(52,53)45-22-13-37(28-57-45)36-11-15-39(16-12-36)63-23-25-64(26-24-63)40-17-19-41(20-18-40)66-29-44(59-61-66)46(49(54,55)56)71-72(68,69-30-34-7-3-1-4-8-34)70-31-35-9-5-2-6-10-35;36-24-4-11-28(29(37)17-24)33(54,20-51-21-44-46-48-51)34(38,39)31-12-3-23(18-43-31)22-1-5-25(6-2-22)49-13-15-50(16-14-49)26-7-9-27(10-8-26)52-19-30(45-47-52)32(53)35(40,41)42;1-12(2)15(13(3)4)17(5)16-11-14-9-7-6-8-10-14/h1-22,27-29,33,46,67H,23-26,30-32H2;1-12,17-19,21,32,53-54H,13-16,20H2;6-10,12-13H,11H2,1-5H3/t46?,47-;32?,33-;/m00./s1. The van der Waals surface area contributed by atoms with Crippen molar-refractivity contribution in [3.63, 3.8) is 0 Å². The topological polar surface area (TPSA) is 305 Å². The molecule has 9 aromatic carbocycles. The second-order valence-corrected chi connectivity index (χ2v) is 37.2. The van der Waals surface area contributed by atoms with Crippen LogP contribution in [0.15, 0.2) is 286 Å². The van der Waals surface area contributed by atoms with Gasteiger partial charge in [-0.2, -0.15) is 43.9 Å². The Hall–Kier alpha value is -13.7. The van der Waals surface area contributed by atoms with Gasteiger partial charge in [0.05, 0.1) is 56.7 Å². The first kappa shape index (κ1) is 104. The van der Waals surface area contributed by atoms with Gasteiger partial charge in [-0.15, -0.1) is 20.4 Å². The van der Waals surface area contributed by atoms with Gasteiger partial charge in [-0.3, -0.25) is 28.2 Å². The van der Waals surface area contributed by atoms with Gasteiger partial charge in [0, 0.05) is 134 Å². The average molecular weight is 2020 g/mol. The highest BCUT2D eigenvalue weighted by Crippen LogP contribution is 2.58. The molecule has 15 aromatic rings. The number of piperazine rings is 2. The van der Waals surface area contributed by atoms with Gasteiger partial charge in [0.1, 0.15) is 67.0 Å². The third-order valence-electron chi connectivity index (χ3n) is 23.7. The molecule has 5 atom stereocenters. The smallest absolute Gasteiger partial charge is 0.378 e. The van der Waals surface area contributed by atoms with Gasteiger partial charge in [-0.25, -0.2) is 40.9 Å². The van der Waals surface area contributed by atoms with Crippen LogP contribution in [0.4, 0.5) is 84.2 Å². The van der Waals surface area contributed by atoms with Crippen LogP contribution in [0.25, 0.3) is 33.6 Å². The van der Waals surface area contributed by atoms with Crippen molar-refractivity contribution >= 4 is 38.9 Å². The van der Waals surface area contributed by atoms with Crippen molar-refractivity contribution in [2.24, 2.45) is 0 Å². The molecule has 2 aliphatic heterocycles. The van der Waals surface area contributed by atoms with E-state index < -0.39 is 134 Å². The number of hydrogen-bond acceptors (Lipinski definition) is 25. The van der Waals surface area contributed by atoms with Crippen LogP contribution in [-0.2, 0) is 78.6 Å². The molecule has 0 bridgehead atoms. The van der Waals surface area contributed by atoms with Gasteiger partial charge in [-0.1, -0.05) is 138 Å².